The van der Waals surface area contributed by atoms with Crippen molar-refractivity contribution in [1.82, 2.24) is 19.6 Å². The Morgan fingerprint density at radius 3 is 2.88 bits per heavy atom. The van der Waals surface area contributed by atoms with Crippen molar-refractivity contribution < 1.29 is 0 Å². The fourth-order valence-corrected chi connectivity index (χ4v) is 1.66. The number of rotatable bonds is 3. The predicted octanol–water partition coefficient (Wildman–Crippen LogP) is 1.74. The van der Waals surface area contributed by atoms with E-state index in [1.807, 2.05) is 40.9 Å². The second-order valence-corrected chi connectivity index (χ2v) is 3.64. The number of benzene rings is 1. The van der Waals surface area contributed by atoms with Crippen LogP contribution in [0.4, 0.5) is 5.69 Å². The van der Waals surface area contributed by atoms with Gasteiger partial charge in [-0.15, -0.1) is 10.2 Å². The van der Waals surface area contributed by atoms with Crippen LogP contribution in [0.2, 0.25) is 0 Å². The molecule has 0 atom stereocenters. The monoisotopic (exact) mass is 225 g/mol. The van der Waals surface area contributed by atoms with Crippen LogP contribution in [0.25, 0.3) is 5.65 Å². The average Bonchev–Trinajstić information content (AvgIpc) is 2.81. The molecule has 0 bridgehead atoms. The summed E-state index contributed by atoms with van der Waals surface area (Å²) in [5.74, 6) is 0.867. The average molecular weight is 225 g/mol. The maximum atomic E-state index is 4.12. The molecule has 2 aromatic heterocycles. The third-order valence-corrected chi connectivity index (χ3v) is 2.51. The van der Waals surface area contributed by atoms with Crippen LogP contribution in [-0.2, 0) is 6.54 Å². The van der Waals surface area contributed by atoms with E-state index in [1.165, 1.54) is 0 Å². The Labute approximate surface area is 98.1 Å². The van der Waals surface area contributed by atoms with Gasteiger partial charge in [0.2, 0.25) is 0 Å². The minimum Gasteiger partial charge on any atom is -0.378 e. The molecule has 0 saturated carbocycles. The van der Waals surface area contributed by atoms with Gasteiger partial charge in [0.05, 0.1) is 12.7 Å². The van der Waals surface area contributed by atoms with Crippen molar-refractivity contribution in [1.29, 1.82) is 0 Å². The summed E-state index contributed by atoms with van der Waals surface area (Å²) in [6, 6.07) is 10.0. The van der Waals surface area contributed by atoms with Gasteiger partial charge in [0, 0.05) is 18.1 Å². The Hall–Kier alpha value is -2.43. The van der Waals surface area contributed by atoms with Gasteiger partial charge in [-0.25, -0.2) is 0 Å². The molecule has 1 aromatic carbocycles. The van der Waals surface area contributed by atoms with Gasteiger partial charge in [0.15, 0.2) is 11.5 Å². The number of hydrogen-bond acceptors (Lipinski definition) is 4. The number of aromatic nitrogens is 4. The molecule has 17 heavy (non-hydrogen) atoms. The van der Waals surface area contributed by atoms with Crippen molar-refractivity contribution in [2.45, 2.75) is 6.54 Å². The van der Waals surface area contributed by atoms with Crippen LogP contribution in [0.15, 0.2) is 48.9 Å². The zero-order chi connectivity index (χ0) is 11.5. The lowest BCUT2D eigenvalue weighted by Gasteiger charge is -2.04. The van der Waals surface area contributed by atoms with Crippen LogP contribution in [0.1, 0.15) is 5.82 Å². The topological polar surface area (TPSA) is 55.1 Å². The first-order valence-electron chi connectivity index (χ1n) is 5.36. The predicted molar refractivity (Wildman–Crippen MR) is 64.6 cm³/mol. The molecule has 3 aromatic rings. The summed E-state index contributed by atoms with van der Waals surface area (Å²) in [6.45, 7) is 0.634. The number of fused-ring (bicyclic) bond motifs is 1. The summed E-state index contributed by atoms with van der Waals surface area (Å²) in [7, 11) is 0. The van der Waals surface area contributed by atoms with Crippen molar-refractivity contribution in [3.8, 4) is 0 Å². The first kappa shape index (κ1) is 9.77. The van der Waals surface area contributed by atoms with Gasteiger partial charge in [-0.3, -0.25) is 9.38 Å². The summed E-state index contributed by atoms with van der Waals surface area (Å²) >= 11 is 0. The van der Waals surface area contributed by atoms with E-state index in [0.29, 0.717) is 6.54 Å². The fourth-order valence-electron chi connectivity index (χ4n) is 1.66. The summed E-state index contributed by atoms with van der Waals surface area (Å²) in [5.41, 5.74) is 1.83. The smallest absolute Gasteiger partial charge is 0.179 e. The van der Waals surface area contributed by atoms with E-state index in [9.17, 15) is 0 Å². The molecular formula is C12H11N5. The lowest BCUT2D eigenvalue weighted by Crippen LogP contribution is -2.03. The van der Waals surface area contributed by atoms with E-state index in [4.69, 9.17) is 0 Å². The summed E-state index contributed by atoms with van der Waals surface area (Å²) in [4.78, 5) is 4.00. The zero-order valence-corrected chi connectivity index (χ0v) is 9.11. The molecule has 1 N–H and O–H groups in total. The van der Waals surface area contributed by atoms with Crippen LogP contribution in [0, 0.1) is 0 Å². The van der Waals surface area contributed by atoms with Crippen molar-refractivity contribution in [2.75, 3.05) is 5.32 Å². The Bertz CT molecular complexity index is 617. The maximum absolute atomic E-state index is 4.12. The molecule has 0 aliphatic heterocycles. The fraction of sp³-hybridized carbons (Fsp3) is 0.0833. The van der Waals surface area contributed by atoms with Crippen LogP contribution in [0.5, 0.6) is 0 Å². The van der Waals surface area contributed by atoms with Gasteiger partial charge < -0.3 is 5.32 Å². The molecule has 0 spiro atoms. The van der Waals surface area contributed by atoms with Gasteiger partial charge in [-0.05, 0) is 12.1 Å². The van der Waals surface area contributed by atoms with Gasteiger partial charge in [0.1, 0.15) is 0 Å². The maximum Gasteiger partial charge on any atom is 0.179 e. The minimum absolute atomic E-state index is 0.634. The standard InChI is InChI=1S/C12H11N5/c1-2-4-10(5-3-1)14-9-12-16-15-11-8-13-6-7-17(11)12/h1-8,14H,9H2. The highest BCUT2D eigenvalue weighted by Gasteiger charge is 2.03. The first-order chi connectivity index (χ1) is 8.43. The second kappa shape index (κ2) is 4.21. The van der Waals surface area contributed by atoms with E-state index >= 15 is 0 Å². The number of hydrogen-bond donors (Lipinski definition) is 1. The second-order valence-electron chi connectivity index (χ2n) is 3.64. The molecule has 0 fully saturated rings. The third-order valence-electron chi connectivity index (χ3n) is 2.51. The minimum atomic E-state index is 0.634. The molecule has 0 aliphatic rings. The highest BCUT2D eigenvalue weighted by Crippen LogP contribution is 2.07. The molecule has 0 aliphatic carbocycles. The van der Waals surface area contributed by atoms with Gasteiger partial charge in [-0.1, -0.05) is 18.2 Å². The first-order valence-corrected chi connectivity index (χ1v) is 5.36. The summed E-state index contributed by atoms with van der Waals surface area (Å²) in [5, 5.41) is 11.5. The van der Waals surface area contributed by atoms with Gasteiger partial charge in [0.25, 0.3) is 0 Å². The van der Waals surface area contributed by atoms with E-state index < -0.39 is 0 Å². The normalized spacial score (nSPS) is 10.6. The third kappa shape index (κ3) is 1.94. The lowest BCUT2D eigenvalue weighted by atomic mass is 10.3. The molecule has 3 rings (SSSR count). The SMILES string of the molecule is c1ccc(NCc2nnc3cnccn23)cc1. The highest BCUT2D eigenvalue weighted by molar-refractivity contribution is 5.43. The largest absolute Gasteiger partial charge is 0.378 e. The van der Waals surface area contributed by atoms with Crippen molar-refractivity contribution in [3.63, 3.8) is 0 Å². The number of anilines is 1. The molecule has 0 amide bonds. The van der Waals surface area contributed by atoms with E-state index in [0.717, 1.165) is 17.2 Å². The molecule has 2 heterocycles. The quantitative estimate of drug-likeness (QED) is 0.737. The molecule has 0 saturated heterocycles. The molecule has 84 valence electrons. The molecule has 0 unspecified atom stereocenters. The van der Waals surface area contributed by atoms with Crippen molar-refractivity contribution >= 4 is 11.3 Å². The van der Waals surface area contributed by atoms with Gasteiger partial charge in [-0.2, -0.15) is 0 Å². The van der Waals surface area contributed by atoms with E-state index in [2.05, 4.69) is 20.5 Å². The summed E-state index contributed by atoms with van der Waals surface area (Å²) in [6.07, 6.45) is 5.28. The molecule has 0 radical (unpaired) electrons. The number of para-hydroxylation sites is 1. The van der Waals surface area contributed by atoms with Gasteiger partial charge >= 0.3 is 0 Å². The Morgan fingerprint density at radius 1 is 1.12 bits per heavy atom. The molecular weight excluding hydrogens is 214 g/mol. The Morgan fingerprint density at radius 2 is 2.00 bits per heavy atom. The Balaban J connectivity index is 1.82. The number of nitrogens with one attached hydrogen (secondary N) is 1. The van der Waals surface area contributed by atoms with Crippen LogP contribution in [0.3, 0.4) is 0 Å². The van der Waals surface area contributed by atoms with Crippen molar-refractivity contribution in [2.24, 2.45) is 0 Å². The number of nitrogens with zero attached hydrogens (tertiary/aromatic N) is 4. The van der Waals surface area contributed by atoms with Crippen LogP contribution >= 0.6 is 0 Å². The summed E-state index contributed by atoms with van der Waals surface area (Å²) < 4.78 is 1.92. The molecule has 5 heteroatoms. The highest BCUT2D eigenvalue weighted by atomic mass is 15.3. The van der Waals surface area contributed by atoms with Crippen LogP contribution in [-0.4, -0.2) is 19.6 Å². The van der Waals surface area contributed by atoms with E-state index in [1.54, 1.807) is 12.4 Å². The lowest BCUT2D eigenvalue weighted by molar-refractivity contribution is 0.915. The van der Waals surface area contributed by atoms with E-state index in [-0.39, 0.29) is 0 Å². The zero-order valence-electron chi connectivity index (χ0n) is 9.11. The Kier molecular flexibility index (Phi) is 2.42. The molecule has 5 nitrogen and oxygen atoms in total. The van der Waals surface area contributed by atoms with Crippen LogP contribution < -0.4 is 5.32 Å². The van der Waals surface area contributed by atoms with Crippen molar-refractivity contribution in [3.05, 3.63) is 54.7 Å².